The molecule has 7 nitrogen and oxygen atoms in total. The molecule has 0 saturated carbocycles. The number of fused-ring (bicyclic) bond motifs is 4. The number of nitrogens with zero attached hydrogens (tertiary/aromatic N) is 4. The Balaban J connectivity index is 1.44. The molecule has 0 amide bonds. The Kier molecular flexibility index (Phi) is 3.04. The number of anilines is 1. The summed E-state index contributed by atoms with van der Waals surface area (Å²) in [5, 5.41) is 3.38. The molecule has 122 valence electrons. The second-order valence-corrected chi connectivity index (χ2v) is 6.07. The summed E-state index contributed by atoms with van der Waals surface area (Å²) in [4.78, 5) is 13.6. The van der Waals surface area contributed by atoms with Crippen LogP contribution in [0.1, 0.15) is 24.2 Å². The lowest BCUT2D eigenvalue weighted by Crippen LogP contribution is -2.10. The molecule has 0 atom stereocenters. The van der Waals surface area contributed by atoms with E-state index in [0.29, 0.717) is 13.3 Å². The van der Waals surface area contributed by atoms with Crippen LogP contribution in [-0.2, 0) is 19.5 Å². The summed E-state index contributed by atoms with van der Waals surface area (Å²) in [6.07, 6.45) is 4.99. The van der Waals surface area contributed by atoms with Crippen molar-refractivity contribution in [2.24, 2.45) is 0 Å². The predicted octanol–water partition coefficient (Wildman–Crippen LogP) is 2.50. The molecule has 0 bridgehead atoms. The van der Waals surface area contributed by atoms with Gasteiger partial charge in [0.1, 0.15) is 12.2 Å². The van der Waals surface area contributed by atoms with E-state index >= 15 is 0 Å². The van der Waals surface area contributed by atoms with Gasteiger partial charge >= 0.3 is 0 Å². The number of aromatic nitrogens is 4. The average Bonchev–Trinajstić information content (AvgIpc) is 3.24. The van der Waals surface area contributed by atoms with E-state index in [1.807, 2.05) is 18.2 Å². The van der Waals surface area contributed by atoms with Crippen LogP contribution >= 0.6 is 0 Å². The van der Waals surface area contributed by atoms with E-state index in [-0.39, 0.29) is 0 Å². The topological polar surface area (TPSA) is 74.1 Å². The van der Waals surface area contributed by atoms with Crippen LogP contribution in [0.4, 0.5) is 5.82 Å². The minimum atomic E-state index is 0.291. The standard InChI is InChI=1S/C17H17N5O2/c1-2-6-22-14(3-1)21-15-16(19-9-20-17(15)22)18-8-11-4-5-12-13(7-11)24-10-23-12/h4-5,7,9H,1-3,6,8,10H2,(H,18,19,20). The van der Waals surface area contributed by atoms with E-state index in [2.05, 4.69) is 19.9 Å². The van der Waals surface area contributed by atoms with Gasteiger partial charge in [-0.3, -0.25) is 0 Å². The maximum atomic E-state index is 5.43. The Morgan fingerprint density at radius 3 is 3.08 bits per heavy atom. The lowest BCUT2D eigenvalue weighted by atomic mass is 10.2. The third kappa shape index (κ3) is 2.16. The number of hydrogen-bond donors (Lipinski definition) is 1. The molecule has 0 fully saturated rings. The van der Waals surface area contributed by atoms with Gasteiger partial charge in [0, 0.05) is 19.5 Å². The molecule has 0 radical (unpaired) electrons. The van der Waals surface area contributed by atoms with Gasteiger partial charge in [0.05, 0.1) is 0 Å². The van der Waals surface area contributed by atoms with E-state index in [4.69, 9.17) is 14.5 Å². The highest BCUT2D eigenvalue weighted by atomic mass is 16.7. The monoisotopic (exact) mass is 323 g/mol. The Morgan fingerprint density at radius 1 is 1.12 bits per heavy atom. The molecular formula is C17H17N5O2. The first kappa shape index (κ1) is 13.6. The average molecular weight is 323 g/mol. The molecule has 3 aromatic rings. The van der Waals surface area contributed by atoms with Gasteiger partial charge < -0.3 is 19.4 Å². The molecule has 2 aromatic heterocycles. The van der Waals surface area contributed by atoms with Crippen LogP contribution in [0.3, 0.4) is 0 Å². The van der Waals surface area contributed by atoms with Crippen LogP contribution in [-0.4, -0.2) is 26.3 Å². The Labute approximate surface area is 138 Å². The van der Waals surface area contributed by atoms with Gasteiger partial charge in [-0.05, 0) is 30.5 Å². The Hall–Kier alpha value is -2.83. The fraction of sp³-hybridized carbons (Fsp3) is 0.353. The van der Waals surface area contributed by atoms with Gasteiger partial charge in [-0.15, -0.1) is 0 Å². The molecule has 0 saturated heterocycles. The van der Waals surface area contributed by atoms with Gasteiger partial charge in [-0.25, -0.2) is 15.0 Å². The number of nitrogens with one attached hydrogen (secondary N) is 1. The van der Waals surface area contributed by atoms with Crippen LogP contribution in [0.5, 0.6) is 11.5 Å². The second-order valence-electron chi connectivity index (χ2n) is 6.07. The maximum absolute atomic E-state index is 5.43. The molecule has 5 rings (SSSR count). The van der Waals surface area contributed by atoms with E-state index in [1.54, 1.807) is 6.33 Å². The molecule has 2 aliphatic heterocycles. The van der Waals surface area contributed by atoms with Crippen LogP contribution in [0.15, 0.2) is 24.5 Å². The van der Waals surface area contributed by atoms with Crippen molar-refractivity contribution < 1.29 is 9.47 Å². The van der Waals surface area contributed by atoms with E-state index in [0.717, 1.165) is 52.8 Å². The predicted molar refractivity (Wildman–Crippen MR) is 88.2 cm³/mol. The summed E-state index contributed by atoms with van der Waals surface area (Å²) >= 11 is 0. The van der Waals surface area contributed by atoms with E-state index in [1.165, 1.54) is 12.8 Å². The number of aryl methyl sites for hydroxylation is 2. The number of benzene rings is 1. The quantitative estimate of drug-likeness (QED) is 0.798. The third-order valence-corrected chi connectivity index (χ3v) is 4.54. The molecule has 1 N–H and O–H groups in total. The molecular weight excluding hydrogens is 306 g/mol. The second kappa shape index (κ2) is 5.36. The lowest BCUT2D eigenvalue weighted by Gasteiger charge is -2.13. The first-order chi connectivity index (χ1) is 11.9. The molecule has 4 heterocycles. The van der Waals surface area contributed by atoms with Gasteiger partial charge in [0.15, 0.2) is 28.5 Å². The van der Waals surface area contributed by atoms with E-state index < -0.39 is 0 Å². The van der Waals surface area contributed by atoms with Crippen molar-refractivity contribution in [2.45, 2.75) is 32.4 Å². The zero-order valence-corrected chi connectivity index (χ0v) is 13.2. The Bertz CT molecular complexity index is 921. The first-order valence-corrected chi connectivity index (χ1v) is 8.21. The largest absolute Gasteiger partial charge is 0.454 e. The van der Waals surface area contributed by atoms with Gasteiger partial charge in [0.2, 0.25) is 6.79 Å². The molecule has 0 unspecified atom stereocenters. The van der Waals surface area contributed by atoms with E-state index in [9.17, 15) is 0 Å². The summed E-state index contributed by atoms with van der Waals surface area (Å²) in [6.45, 7) is 1.92. The molecule has 1 aromatic carbocycles. The summed E-state index contributed by atoms with van der Waals surface area (Å²) in [7, 11) is 0. The molecule has 7 heteroatoms. The van der Waals surface area contributed by atoms with Gasteiger partial charge in [-0.1, -0.05) is 6.07 Å². The zero-order valence-electron chi connectivity index (χ0n) is 13.2. The van der Waals surface area contributed by atoms with Crippen LogP contribution in [0, 0.1) is 0 Å². The third-order valence-electron chi connectivity index (χ3n) is 4.54. The minimum Gasteiger partial charge on any atom is -0.454 e. The van der Waals surface area contributed by atoms with Crippen LogP contribution < -0.4 is 14.8 Å². The summed E-state index contributed by atoms with van der Waals surface area (Å²) < 4.78 is 13.0. The van der Waals surface area contributed by atoms with Gasteiger partial charge in [-0.2, -0.15) is 0 Å². The summed E-state index contributed by atoms with van der Waals surface area (Å²) in [5.41, 5.74) is 2.89. The fourth-order valence-electron chi connectivity index (χ4n) is 3.33. The summed E-state index contributed by atoms with van der Waals surface area (Å²) in [5.74, 6) is 3.48. The molecule has 24 heavy (non-hydrogen) atoms. The van der Waals surface area contributed by atoms with Crippen molar-refractivity contribution in [1.29, 1.82) is 0 Å². The number of ether oxygens (including phenoxy) is 2. The van der Waals surface area contributed by atoms with Gasteiger partial charge in [0.25, 0.3) is 0 Å². The minimum absolute atomic E-state index is 0.291. The lowest BCUT2D eigenvalue weighted by molar-refractivity contribution is 0.174. The number of hydrogen-bond acceptors (Lipinski definition) is 6. The van der Waals surface area contributed by atoms with Crippen molar-refractivity contribution in [3.8, 4) is 11.5 Å². The van der Waals surface area contributed by atoms with Crippen molar-refractivity contribution in [1.82, 2.24) is 19.5 Å². The first-order valence-electron chi connectivity index (χ1n) is 8.21. The number of imidazole rings is 1. The van der Waals surface area contributed by atoms with Crippen molar-refractivity contribution in [3.63, 3.8) is 0 Å². The summed E-state index contributed by atoms with van der Waals surface area (Å²) in [6, 6.07) is 5.95. The van der Waals surface area contributed by atoms with Crippen LogP contribution in [0.25, 0.3) is 11.2 Å². The smallest absolute Gasteiger partial charge is 0.231 e. The zero-order chi connectivity index (χ0) is 15.9. The fourth-order valence-corrected chi connectivity index (χ4v) is 3.33. The number of rotatable bonds is 3. The SMILES string of the molecule is c1nc(NCc2ccc3c(c2)OCO3)c2nc3n(c2n1)CCCC3. The van der Waals surface area contributed by atoms with Crippen molar-refractivity contribution >= 4 is 17.0 Å². The van der Waals surface area contributed by atoms with Crippen molar-refractivity contribution in [2.75, 3.05) is 12.1 Å². The Morgan fingerprint density at radius 2 is 2.08 bits per heavy atom. The highest BCUT2D eigenvalue weighted by Gasteiger charge is 2.18. The highest BCUT2D eigenvalue weighted by Crippen LogP contribution is 2.33. The molecule has 0 aliphatic carbocycles. The normalized spacial score (nSPS) is 15.5. The maximum Gasteiger partial charge on any atom is 0.231 e. The molecule has 2 aliphatic rings. The van der Waals surface area contributed by atoms with Crippen molar-refractivity contribution in [3.05, 3.63) is 35.9 Å². The van der Waals surface area contributed by atoms with Crippen LogP contribution in [0.2, 0.25) is 0 Å². The molecule has 0 spiro atoms. The highest BCUT2D eigenvalue weighted by molar-refractivity contribution is 5.83.